The second kappa shape index (κ2) is 8.07. The maximum atomic E-state index is 12.1. The van der Waals surface area contributed by atoms with Gasteiger partial charge in [0.15, 0.2) is 0 Å². The normalized spacial score (nSPS) is 22.6. The number of sulfonamides is 1. The first kappa shape index (κ1) is 20.3. The molecular weight excluding hydrogens is 384 g/mol. The fraction of sp³-hybridized carbons (Fsp3) is 0.455. The van der Waals surface area contributed by atoms with Crippen molar-refractivity contribution in [3.05, 3.63) is 47.5 Å². The van der Waals surface area contributed by atoms with Crippen LogP contribution in [-0.2, 0) is 16.4 Å². The van der Waals surface area contributed by atoms with Gasteiger partial charge in [0.05, 0.1) is 4.90 Å². The highest BCUT2D eigenvalue weighted by Crippen LogP contribution is 2.35. The molecule has 156 valence electrons. The highest BCUT2D eigenvalue weighted by Gasteiger charge is 2.25. The number of nitrogens with two attached hydrogens (primary N) is 2. The van der Waals surface area contributed by atoms with Gasteiger partial charge in [-0.2, -0.15) is 0 Å². The van der Waals surface area contributed by atoms with E-state index in [-0.39, 0.29) is 10.9 Å². The molecule has 2 aliphatic heterocycles. The number of nitrogens with one attached hydrogen (secondary N) is 1. The summed E-state index contributed by atoms with van der Waals surface area (Å²) in [7, 11) is -1.62. The summed E-state index contributed by atoms with van der Waals surface area (Å²) in [6, 6.07) is 11.9. The number of fused-ring (bicyclic) bond motifs is 1. The summed E-state index contributed by atoms with van der Waals surface area (Å²) in [4.78, 5) is 2.57. The van der Waals surface area contributed by atoms with Crippen molar-refractivity contribution in [1.82, 2.24) is 10.2 Å². The quantitative estimate of drug-likeness (QED) is 0.653. The SMILES string of the molecule is CN1CCC[C@H]1CCC1NCCc2ccc(-c3cc(N)ccc3S(N)(=O)=O)cc21. The van der Waals surface area contributed by atoms with Gasteiger partial charge >= 0.3 is 0 Å². The summed E-state index contributed by atoms with van der Waals surface area (Å²) >= 11 is 0. The molecule has 1 unspecified atom stereocenters. The van der Waals surface area contributed by atoms with Crippen LogP contribution in [0.2, 0.25) is 0 Å². The Kier molecular flexibility index (Phi) is 5.66. The van der Waals surface area contributed by atoms with E-state index in [1.165, 1.54) is 43.0 Å². The zero-order valence-electron chi connectivity index (χ0n) is 16.9. The number of hydrogen-bond acceptors (Lipinski definition) is 5. The highest BCUT2D eigenvalue weighted by molar-refractivity contribution is 7.89. The van der Waals surface area contributed by atoms with Gasteiger partial charge in [-0.3, -0.25) is 0 Å². The maximum absolute atomic E-state index is 12.1. The molecule has 2 aliphatic rings. The van der Waals surface area contributed by atoms with Crippen LogP contribution in [0.3, 0.4) is 0 Å². The number of anilines is 1. The fourth-order valence-electron chi connectivity index (χ4n) is 4.79. The van der Waals surface area contributed by atoms with Crippen LogP contribution in [-0.4, -0.2) is 39.5 Å². The van der Waals surface area contributed by atoms with E-state index in [0.29, 0.717) is 17.3 Å². The van der Waals surface area contributed by atoms with Crippen LogP contribution in [0.15, 0.2) is 41.3 Å². The zero-order chi connectivity index (χ0) is 20.6. The monoisotopic (exact) mass is 414 g/mol. The van der Waals surface area contributed by atoms with Crippen molar-refractivity contribution < 1.29 is 8.42 Å². The first-order valence-corrected chi connectivity index (χ1v) is 11.9. The van der Waals surface area contributed by atoms with Gasteiger partial charge < -0.3 is 16.0 Å². The molecule has 0 aliphatic carbocycles. The van der Waals surface area contributed by atoms with Gasteiger partial charge in [-0.15, -0.1) is 0 Å². The molecule has 0 spiro atoms. The summed E-state index contributed by atoms with van der Waals surface area (Å²) in [6.45, 7) is 2.16. The number of primary sulfonamides is 1. The molecule has 0 radical (unpaired) electrons. The number of nitrogens with zero attached hydrogens (tertiary/aromatic N) is 1. The molecule has 2 aromatic rings. The summed E-state index contributed by atoms with van der Waals surface area (Å²) in [5.41, 5.74) is 10.5. The Hall–Kier alpha value is -1.93. The molecule has 1 fully saturated rings. The summed E-state index contributed by atoms with van der Waals surface area (Å²) < 4.78 is 24.2. The fourth-order valence-corrected chi connectivity index (χ4v) is 5.53. The minimum atomic E-state index is -3.84. The van der Waals surface area contributed by atoms with E-state index >= 15 is 0 Å². The third-order valence-electron chi connectivity index (χ3n) is 6.39. The van der Waals surface area contributed by atoms with Crippen LogP contribution < -0.4 is 16.2 Å². The van der Waals surface area contributed by atoms with Crippen molar-refractivity contribution in [2.24, 2.45) is 5.14 Å². The number of nitrogen functional groups attached to an aromatic ring is 1. The molecular formula is C22H30N4O2S. The van der Waals surface area contributed by atoms with E-state index in [1.54, 1.807) is 12.1 Å². The Labute approximate surface area is 173 Å². The molecule has 0 amide bonds. The number of rotatable bonds is 5. The molecule has 5 N–H and O–H groups in total. The van der Waals surface area contributed by atoms with Gasteiger partial charge in [0.25, 0.3) is 0 Å². The third kappa shape index (κ3) is 4.33. The molecule has 0 bridgehead atoms. The molecule has 2 heterocycles. The Morgan fingerprint density at radius 3 is 2.72 bits per heavy atom. The lowest BCUT2D eigenvalue weighted by molar-refractivity contribution is 0.279. The van der Waals surface area contributed by atoms with E-state index < -0.39 is 10.0 Å². The van der Waals surface area contributed by atoms with Crippen molar-refractivity contribution in [3.8, 4) is 11.1 Å². The lowest BCUT2D eigenvalue weighted by Gasteiger charge is -2.29. The van der Waals surface area contributed by atoms with E-state index in [2.05, 4.69) is 29.4 Å². The lowest BCUT2D eigenvalue weighted by Crippen LogP contribution is -2.32. The maximum Gasteiger partial charge on any atom is 0.238 e. The van der Waals surface area contributed by atoms with Gasteiger partial charge in [0.2, 0.25) is 10.0 Å². The van der Waals surface area contributed by atoms with Gasteiger partial charge in [-0.05, 0) is 93.2 Å². The molecule has 7 heteroatoms. The van der Waals surface area contributed by atoms with Crippen molar-refractivity contribution in [3.63, 3.8) is 0 Å². The summed E-state index contributed by atoms with van der Waals surface area (Å²) in [6.07, 6.45) is 5.78. The van der Waals surface area contributed by atoms with Gasteiger partial charge in [-0.1, -0.05) is 12.1 Å². The van der Waals surface area contributed by atoms with Gasteiger partial charge in [-0.25, -0.2) is 13.6 Å². The topological polar surface area (TPSA) is 101 Å². The molecule has 2 atom stereocenters. The van der Waals surface area contributed by atoms with Crippen LogP contribution in [0.25, 0.3) is 11.1 Å². The second-order valence-electron chi connectivity index (χ2n) is 8.32. The number of benzene rings is 2. The average Bonchev–Trinajstić information content (AvgIpc) is 3.09. The van der Waals surface area contributed by atoms with Crippen molar-refractivity contribution >= 4 is 15.7 Å². The Morgan fingerprint density at radius 1 is 1.17 bits per heavy atom. The first-order valence-electron chi connectivity index (χ1n) is 10.3. The average molecular weight is 415 g/mol. The predicted octanol–water partition coefficient (Wildman–Crippen LogP) is 2.64. The second-order valence-corrected chi connectivity index (χ2v) is 9.85. The standard InChI is InChI=1S/C22H30N4O2S/c1-26-12-2-3-18(26)7-8-21-19-13-16(5-4-15(19)10-11-25-21)20-14-17(23)6-9-22(20)29(24,27)28/h4-6,9,13-14,18,21,25H,2-3,7-8,10-12,23H2,1H3,(H2,24,27,28)/t18-,21?/m0/s1. The van der Waals surface area contributed by atoms with Crippen LogP contribution in [0.1, 0.15) is 42.9 Å². The Balaban J connectivity index is 1.66. The molecule has 6 nitrogen and oxygen atoms in total. The highest BCUT2D eigenvalue weighted by atomic mass is 32.2. The van der Waals surface area contributed by atoms with Gasteiger partial charge in [0.1, 0.15) is 0 Å². The predicted molar refractivity (Wildman–Crippen MR) is 117 cm³/mol. The minimum Gasteiger partial charge on any atom is -0.399 e. The van der Waals surface area contributed by atoms with Crippen molar-refractivity contribution in [1.29, 1.82) is 0 Å². The van der Waals surface area contributed by atoms with E-state index in [1.807, 2.05) is 6.07 Å². The van der Waals surface area contributed by atoms with Crippen molar-refractivity contribution in [2.75, 3.05) is 25.9 Å². The zero-order valence-corrected chi connectivity index (χ0v) is 17.7. The van der Waals surface area contributed by atoms with Crippen LogP contribution in [0, 0.1) is 0 Å². The van der Waals surface area contributed by atoms with Crippen LogP contribution in [0.4, 0.5) is 5.69 Å². The number of hydrogen-bond donors (Lipinski definition) is 3. The van der Waals surface area contributed by atoms with Crippen LogP contribution >= 0.6 is 0 Å². The van der Waals surface area contributed by atoms with E-state index in [0.717, 1.165) is 24.9 Å². The Bertz CT molecular complexity index is 1010. The molecule has 4 rings (SSSR count). The van der Waals surface area contributed by atoms with Gasteiger partial charge in [0, 0.05) is 23.3 Å². The minimum absolute atomic E-state index is 0.111. The Morgan fingerprint density at radius 2 is 2.00 bits per heavy atom. The first-order chi connectivity index (χ1) is 13.8. The van der Waals surface area contributed by atoms with Crippen molar-refractivity contribution in [2.45, 2.75) is 49.1 Å². The number of likely N-dealkylation sites (tertiary alicyclic amines) is 1. The molecule has 0 aromatic heterocycles. The summed E-state index contributed by atoms with van der Waals surface area (Å²) in [5.74, 6) is 0. The van der Waals surface area contributed by atoms with E-state index in [4.69, 9.17) is 10.9 Å². The molecule has 29 heavy (non-hydrogen) atoms. The lowest BCUT2D eigenvalue weighted by atomic mass is 9.88. The summed E-state index contributed by atoms with van der Waals surface area (Å²) in [5, 5.41) is 9.12. The largest absolute Gasteiger partial charge is 0.399 e. The van der Waals surface area contributed by atoms with E-state index in [9.17, 15) is 8.42 Å². The third-order valence-corrected chi connectivity index (χ3v) is 7.36. The molecule has 2 aromatic carbocycles. The smallest absolute Gasteiger partial charge is 0.238 e. The molecule has 1 saturated heterocycles. The van der Waals surface area contributed by atoms with Crippen LogP contribution in [0.5, 0.6) is 0 Å². The molecule has 0 saturated carbocycles.